The van der Waals surface area contributed by atoms with Crippen LogP contribution in [0.3, 0.4) is 0 Å². The highest BCUT2D eigenvalue weighted by molar-refractivity contribution is 7.89. The number of carbonyl (C=O) groups excluding carboxylic acids is 1. The third kappa shape index (κ3) is 5.54. The van der Waals surface area contributed by atoms with Gasteiger partial charge in [0.15, 0.2) is 0 Å². The Labute approximate surface area is 179 Å². The summed E-state index contributed by atoms with van der Waals surface area (Å²) in [6, 6.07) is 9.63. The number of carbonyl (C=O) groups is 1. The Morgan fingerprint density at radius 1 is 1.07 bits per heavy atom. The van der Waals surface area contributed by atoms with Crippen molar-refractivity contribution < 1.29 is 22.0 Å². The first kappa shape index (κ1) is 22.6. The predicted molar refractivity (Wildman–Crippen MR) is 109 cm³/mol. The lowest BCUT2D eigenvalue weighted by molar-refractivity contribution is -0.121. The van der Waals surface area contributed by atoms with Crippen LogP contribution in [0, 0.1) is 11.6 Å². The summed E-state index contributed by atoms with van der Waals surface area (Å²) in [7, 11) is -4.11. The first-order valence-corrected chi connectivity index (χ1v) is 11.3. The Bertz CT molecular complexity index is 1010. The maximum Gasteiger partial charge on any atom is 0.246 e. The SMILES string of the molecule is O=C(CCN1CCN(S(=O)(=O)c2cc(F)ccc2F)CC1)NCc1ccccc1Cl. The van der Waals surface area contributed by atoms with E-state index in [9.17, 15) is 22.0 Å². The molecule has 2 aromatic rings. The Morgan fingerprint density at radius 3 is 2.47 bits per heavy atom. The summed E-state index contributed by atoms with van der Waals surface area (Å²) in [6.07, 6.45) is 0.260. The van der Waals surface area contributed by atoms with Gasteiger partial charge in [-0.3, -0.25) is 4.79 Å². The number of sulfonamides is 1. The highest BCUT2D eigenvalue weighted by Crippen LogP contribution is 2.21. The van der Waals surface area contributed by atoms with Crippen LogP contribution in [0.4, 0.5) is 8.78 Å². The summed E-state index contributed by atoms with van der Waals surface area (Å²) in [5, 5.41) is 3.40. The molecule has 0 aliphatic carbocycles. The molecule has 162 valence electrons. The maximum atomic E-state index is 13.9. The summed E-state index contributed by atoms with van der Waals surface area (Å²) in [6.45, 7) is 1.88. The Morgan fingerprint density at radius 2 is 1.77 bits per heavy atom. The van der Waals surface area contributed by atoms with Gasteiger partial charge in [-0.25, -0.2) is 17.2 Å². The molecule has 0 bridgehead atoms. The van der Waals surface area contributed by atoms with E-state index in [0.717, 1.165) is 22.0 Å². The lowest BCUT2D eigenvalue weighted by Gasteiger charge is -2.33. The van der Waals surface area contributed by atoms with Crippen molar-refractivity contribution in [2.45, 2.75) is 17.9 Å². The molecule has 1 amide bonds. The molecule has 1 saturated heterocycles. The summed E-state index contributed by atoms with van der Waals surface area (Å²) >= 11 is 6.06. The molecule has 0 spiro atoms. The first-order chi connectivity index (χ1) is 14.3. The second kappa shape index (κ2) is 9.82. The van der Waals surface area contributed by atoms with Gasteiger partial charge >= 0.3 is 0 Å². The van der Waals surface area contributed by atoms with Gasteiger partial charge in [0.2, 0.25) is 15.9 Å². The minimum absolute atomic E-state index is 0.133. The molecular formula is C20H22ClF2N3O3S. The zero-order chi connectivity index (χ0) is 21.7. The third-order valence-electron chi connectivity index (χ3n) is 4.93. The van der Waals surface area contributed by atoms with Crippen LogP contribution < -0.4 is 5.32 Å². The number of piperazine rings is 1. The number of hydrogen-bond donors (Lipinski definition) is 1. The Kier molecular flexibility index (Phi) is 7.41. The summed E-state index contributed by atoms with van der Waals surface area (Å²) in [4.78, 5) is 13.4. The molecule has 0 saturated carbocycles. The van der Waals surface area contributed by atoms with E-state index < -0.39 is 26.6 Å². The standard InChI is InChI=1S/C20H22ClF2N3O3S/c21-17-4-2-1-3-15(17)14-24-20(27)7-8-25-9-11-26(12-10-25)30(28,29)19-13-16(22)5-6-18(19)23/h1-6,13H,7-12,14H2,(H,24,27). The smallest absolute Gasteiger partial charge is 0.246 e. The average molecular weight is 458 g/mol. The van der Waals surface area contributed by atoms with Crippen molar-refractivity contribution in [1.82, 2.24) is 14.5 Å². The molecule has 30 heavy (non-hydrogen) atoms. The van der Waals surface area contributed by atoms with E-state index >= 15 is 0 Å². The van der Waals surface area contributed by atoms with Crippen LogP contribution in [0.15, 0.2) is 47.4 Å². The molecule has 1 fully saturated rings. The number of hydrogen-bond acceptors (Lipinski definition) is 4. The van der Waals surface area contributed by atoms with E-state index in [-0.39, 0.29) is 25.4 Å². The summed E-state index contributed by atoms with van der Waals surface area (Å²) in [5.41, 5.74) is 0.830. The minimum atomic E-state index is -4.11. The first-order valence-electron chi connectivity index (χ1n) is 9.45. The molecule has 1 N–H and O–H groups in total. The van der Waals surface area contributed by atoms with Crippen molar-refractivity contribution in [2.24, 2.45) is 0 Å². The van der Waals surface area contributed by atoms with E-state index in [1.807, 2.05) is 23.1 Å². The molecule has 6 nitrogen and oxygen atoms in total. The fourth-order valence-corrected chi connectivity index (χ4v) is 4.89. The topological polar surface area (TPSA) is 69.7 Å². The maximum absolute atomic E-state index is 13.9. The highest BCUT2D eigenvalue weighted by Gasteiger charge is 2.31. The molecule has 1 aliphatic heterocycles. The monoisotopic (exact) mass is 457 g/mol. The van der Waals surface area contributed by atoms with Crippen LogP contribution in [0.1, 0.15) is 12.0 Å². The average Bonchev–Trinajstić information content (AvgIpc) is 2.73. The molecule has 1 aliphatic rings. The third-order valence-corrected chi connectivity index (χ3v) is 7.21. The fraction of sp³-hybridized carbons (Fsp3) is 0.350. The minimum Gasteiger partial charge on any atom is -0.352 e. The van der Waals surface area contributed by atoms with E-state index in [4.69, 9.17) is 11.6 Å². The summed E-state index contributed by atoms with van der Waals surface area (Å²) < 4.78 is 53.6. The van der Waals surface area contributed by atoms with E-state index in [0.29, 0.717) is 37.3 Å². The van der Waals surface area contributed by atoms with Crippen LogP contribution in [-0.4, -0.2) is 56.3 Å². The van der Waals surface area contributed by atoms with Crippen molar-refractivity contribution in [3.05, 3.63) is 64.7 Å². The number of nitrogens with one attached hydrogen (secondary N) is 1. The van der Waals surface area contributed by atoms with E-state index in [1.54, 1.807) is 6.07 Å². The second-order valence-electron chi connectivity index (χ2n) is 6.94. The molecule has 0 aromatic heterocycles. The molecule has 3 rings (SSSR count). The zero-order valence-corrected chi connectivity index (χ0v) is 17.7. The number of rotatable bonds is 7. The number of nitrogens with zero attached hydrogens (tertiary/aromatic N) is 2. The molecule has 0 unspecified atom stereocenters. The normalized spacial score (nSPS) is 15.8. The van der Waals surface area contributed by atoms with Crippen molar-refractivity contribution in [3.63, 3.8) is 0 Å². The quantitative estimate of drug-likeness (QED) is 0.694. The van der Waals surface area contributed by atoms with Gasteiger partial charge in [0.1, 0.15) is 16.5 Å². The molecule has 10 heteroatoms. The van der Waals surface area contributed by atoms with Crippen LogP contribution in [0.5, 0.6) is 0 Å². The van der Waals surface area contributed by atoms with Crippen LogP contribution in [0.2, 0.25) is 5.02 Å². The van der Waals surface area contributed by atoms with Crippen molar-refractivity contribution in [3.8, 4) is 0 Å². The number of benzene rings is 2. The van der Waals surface area contributed by atoms with Crippen LogP contribution >= 0.6 is 11.6 Å². The van der Waals surface area contributed by atoms with Crippen molar-refractivity contribution in [1.29, 1.82) is 0 Å². The Balaban J connectivity index is 1.47. The molecule has 1 heterocycles. The lowest BCUT2D eigenvalue weighted by Crippen LogP contribution is -2.49. The van der Waals surface area contributed by atoms with E-state index in [2.05, 4.69) is 5.32 Å². The molecule has 2 aromatic carbocycles. The van der Waals surface area contributed by atoms with Crippen LogP contribution in [-0.2, 0) is 21.4 Å². The number of halogens is 3. The summed E-state index contributed by atoms with van der Waals surface area (Å²) in [5.74, 6) is -1.92. The molecule has 0 atom stereocenters. The van der Waals surface area contributed by atoms with Gasteiger partial charge in [-0.1, -0.05) is 29.8 Å². The highest BCUT2D eigenvalue weighted by atomic mass is 35.5. The van der Waals surface area contributed by atoms with Gasteiger partial charge in [0.05, 0.1) is 0 Å². The van der Waals surface area contributed by atoms with Gasteiger partial charge in [-0.05, 0) is 29.8 Å². The van der Waals surface area contributed by atoms with Crippen LogP contribution in [0.25, 0.3) is 0 Å². The fourth-order valence-electron chi connectivity index (χ4n) is 3.19. The molecule has 0 radical (unpaired) electrons. The van der Waals surface area contributed by atoms with Gasteiger partial charge in [-0.15, -0.1) is 0 Å². The van der Waals surface area contributed by atoms with Crippen molar-refractivity contribution in [2.75, 3.05) is 32.7 Å². The van der Waals surface area contributed by atoms with E-state index in [1.165, 1.54) is 0 Å². The lowest BCUT2D eigenvalue weighted by atomic mass is 10.2. The largest absolute Gasteiger partial charge is 0.352 e. The molecular weight excluding hydrogens is 436 g/mol. The van der Waals surface area contributed by atoms with Gasteiger partial charge in [0.25, 0.3) is 0 Å². The van der Waals surface area contributed by atoms with Crippen molar-refractivity contribution >= 4 is 27.5 Å². The van der Waals surface area contributed by atoms with Gasteiger partial charge in [-0.2, -0.15) is 4.31 Å². The predicted octanol–water partition coefficient (Wildman–Crippen LogP) is 2.63. The van der Waals surface area contributed by atoms with Gasteiger partial charge < -0.3 is 10.2 Å². The second-order valence-corrected chi connectivity index (χ2v) is 9.25. The Hall–Kier alpha value is -2.07. The number of amides is 1. The van der Waals surface area contributed by atoms with Gasteiger partial charge in [0, 0.05) is 50.7 Å². The zero-order valence-electron chi connectivity index (χ0n) is 16.2.